The lowest BCUT2D eigenvalue weighted by atomic mass is 9.75. The summed E-state index contributed by atoms with van der Waals surface area (Å²) >= 11 is 0. The van der Waals surface area contributed by atoms with Crippen molar-refractivity contribution in [1.29, 1.82) is 0 Å². The number of rotatable bonds is 2. The third kappa shape index (κ3) is 1.98. The van der Waals surface area contributed by atoms with Gasteiger partial charge in [-0.15, -0.1) is 0 Å². The highest BCUT2D eigenvalue weighted by Gasteiger charge is 2.44. The minimum Gasteiger partial charge on any atom is -0.481 e. The lowest BCUT2D eigenvalue weighted by Gasteiger charge is -2.28. The van der Waals surface area contributed by atoms with Gasteiger partial charge in [0.05, 0.1) is 0 Å². The minimum atomic E-state index is -0.958. The Bertz CT molecular complexity index is 271. The summed E-state index contributed by atoms with van der Waals surface area (Å²) in [6.07, 6.45) is 5.79. The fourth-order valence-corrected chi connectivity index (χ4v) is 2.94. The number of carbonyl (C=O) groups excluding carboxylic acids is 1. The van der Waals surface area contributed by atoms with E-state index in [0.29, 0.717) is 12.5 Å². The Morgan fingerprint density at radius 2 is 1.93 bits per heavy atom. The second-order valence-corrected chi connectivity index (χ2v) is 4.62. The molecule has 0 radical (unpaired) electrons. The molecule has 0 spiro atoms. The van der Waals surface area contributed by atoms with E-state index in [0.717, 1.165) is 12.8 Å². The van der Waals surface area contributed by atoms with Crippen LogP contribution in [-0.2, 0) is 9.59 Å². The summed E-state index contributed by atoms with van der Waals surface area (Å²) in [5.74, 6) is -1.60. The molecule has 4 heteroatoms. The molecule has 0 aromatic rings. The van der Waals surface area contributed by atoms with Crippen LogP contribution in [-0.4, -0.2) is 23.5 Å². The molecule has 2 aliphatic rings. The molecule has 4 nitrogen and oxygen atoms in total. The Hall–Kier alpha value is -1.06. The highest BCUT2D eigenvalue weighted by atomic mass is 16.4. The van der Waals surface area contributed by atoms with E-state index in [1.165, 1.54) is 19.3 Å². The summed E-state index contributed by atoms with van der Waals surface area (Å²) in [7, 11) is 0. The zero-order chi connectivity index (χ0) is 10.8. The number of hydrogen-bond donors (Lipinski definition) is 2. The van der Waals surface area contributed by atoms with Gasteiger partial charge in [0, 0.05) is 12.5 Å². The zero-order valence-corrected chi connectivity index (χ0v) is 8.74. The van der Waals surface area contributed by atoms with Crippen molar-refractivity contribution in [2.24, 2.45) is 17.8 Å². The largest absolute Gasteiger partial charge is 0.481 e. The number of carboxylic acid groups (broad SMARTS) is 1. The standard InChI is InChI=1S/C11H17NO3/c13-10-9(11(14)15)8(6-12-10)7-4-2-1-3-5-7/h7-9H,1-6H2,(H,12,13)(H,14,15)/t8-,9+/m1/s1. The summed E-state index contributed by atoms with van der Waals surface area (Å²) in [5, 5.41) is 11.7. The van der Waals surface area contributed by atoms with Gasteiger partial charge in [0.25, 0.3) is 0 Å². The van der Waals surface area contributed by atoms with Gasteiger partial charge in [0.15, 0.2) is 0 Å². The molecule has 1 heterocycles. The van der Waals surface area contributed by atoms with Gasteiger partial charge in [0.1, 0.15) is 5.92 Å². The van der Waals surface area contributed by atoms with Crippen LogP contribution in [0.4, 0.5) is 0 Å². The first-order valence-corrected chi connectivity index (χ1v) is 5.70. The highest BCUT2D eigenvalue weighted by Crippen LogP contribution is 2.36. The number of carbonyl (C=O) groups is 2. The maximum atomic E-state index is 11.4. The van der Waals surface area contributed by atoms with Gasteiger partial charge >= 0.3 is 5.97 Å². The van der Waals surface area contributed by atoms with Crippen LogP contribution in [0.25, 0.3) is 0 Å². The van der Waals surface area contributed by atoms with Crippen molar-refractivity contribution in [1.82, 2.24) is 5.32 Å². The predicted molar refractivity (Wildman–Crippen MR) is 54.2 cm³/mol. The van der Waals surface area contributed by atoms with Gasteiger partial charge in [-0.1, -0.05) is 32.1 Å². The average molecular weight is 211 g/mol. The Labute approximate surface area is 89.0 Å². The van der Waals surface area contributed by atoms with E-state index in [4.69, 9.17) is 5.11 Å². The Morgan fingerprint density at radius 3 is 2.53 bits per heavy atom. The van der Waals surface area contributed by atoms with E-state index < -0.39 is 11.9 Å². The van der Waals surface area contributed by atoms with Gasteiger partial charge in [0.2, 0.25) is 5.91 Å². The third-order valence-electron chi connectivity index (χ3n) is 3.74. The molecule has 1 saturated carbocycles. The van der Waals surface area contributed by atoms with E-state index in [1.807, 2.05) is 0 Å². The molecule has 1 aliphatic heterocycles. The topological polar surface area (TPSA) is 66.4 Å². The molecular weight excluding hydrogens is 194 g/mol. The molecule has 0 aromatic carbocycles. The normalized spacial score (nSPS) is 32.7. The lowest BCUT2D eigenvalue weighted by Crippen LogP contribution is -2.31. The first-order valence-electron chi connectivity index (χ1n) is 5.70. The highest BCUT2D eigenvalue weighted by molar-refractivity contribution is 5.98. The van der Waals surface area contributed by atoms with E-state index in [1.54, 1.807) is 0 Å². The summed E-state index contributed by atoms with van der Waals surface area (Å²) in [4.78, 5) is 22.4. The van der Waals surface area contributed by atoms with Crippen molar-refractivity contribution >= 4 is 11.9 Å². The number of amides is 1. The van der Waals surface area contributed by atoms with Crippen LogP contribution >= 0.6 is 0 Å². The first-order chi connectivity index (χ1) is 7.20. The fourth-order valence-electron chi connectivity index (χ4n) is 2.94. The molecule has 2 fully saturated rings. The van der Waals surface area contributed by atoms with Gasteiger partial charge in [-0.25, -0.2) is 0 Å². The fraction of sp³-hybridized carbons (Fsp3) is 0.818. The van der Waals surface area contributed by atoms with Crippen LogP contribution in [0.15, 0.2) is 0 Å². The lowest BCUT2D eigenvalue weighted by molar-refractivity contribution is -0.147. The molecule has 1 aliphatic carbocycles. The molecule has 0 unspecified atom stereocenters. The van der Waals surface area contributed by atoms with E-state index in [9.17, 15) is 9.59 Å². The molecule has 0 aromatic heterocycles. The van der Waals surface area contributed by atoms with Crippen molar-refractivity contribution in [2.45, 2.75) is 32.1 Å². The summed E-state index contributed by atoms with van der Waals surface area (Å²) in [6, 6.07) is 0. The van der Waals surface area contributed by atoms with E-state index in [2.05, 4.69) is 5.32 Å². The average Bonchev–Trinajstić information content (AvgIpc) is 2.61. The van der Waals surface area contributed by atoms with Crippen molar-refractivity contribution in [3.8, 4) is 0 Å². The van der Waals surface area contributed by atoms with Crippen LogP contribution in [0.3, 0.4) is 0 Å². The maximum Gasteiger partial charge on any atom is 0.316 e. The second-order valence-electron chi connectivity index (χ2n) is 4.62. The van der Waals surface area contributed by atoms with E-state index in [-0.39, 0.29) is 11.8 Å². The maximum absolute atomic E-state index is 11.4. The quantitative estimate of drug-likeness (QED) is 0.670. The zero-order valence-electron chi connectivity index (χ0n) is 8.74. The van der Waals surface area contributed by atoms with Gasteiger partial charge < -0.3 is 10.4 Å². The van der Waals surface area contributed by atoms with Gasteiger partial charge in [-0.2, -0.15) is 0 Å². The molecule has 2 atom stereocenters. The predicted octanol–water partition coefficient (Wildman–Crippen LogP) is 1.01. The minimum absolute atomic E-state index is 0.0234. The summed E-state index contributed by atoms with van der Waals surface area (Å²) in [6.45, 7) is 0.556. The molecule has 1 saturated heterocycles. The third-order valence-corrected chi connectivity index (χ3v) is 3.74. The van der Waals surface area contributed by atoms with Crippen LogP contribution in [0, 0.1) is 17.8 Å². The summed E-state index contributed by atoms with van der Waals surface area (Å²) < 4.78 is 0. The second kappa shape index (κ2) is 4.21. The number of carboxylic acids is 1. The van der Waals surface area contributed by atoms with Crippen LogP contribution < -0.4 is 5.32 Å². The van der Waals surface area contributed by atoms with Crippen molar-refractivity contribution in [3.63, 3.8) is 0 Å². The van der Waals surface area contributed by atoms with Crippen LogP contribution in [0.2, 0.25) is 0 Å². The number of hydrogen-bond acceptors (Lipinski definition) is 2. The first kappa shape index (κ1) is 10.5. The van der Waals surface area contributed by atoms with Gasteiger partial charge in [-0.3, -0.25) is 9.59 Å². The number of nitrogens with one attached hydrogen (secondary N) is 1. The molecule has 2 rings (SSSR count). The Kier molecular flexibility index (Phi) is 2.93. The van der Waals surface area contributed by atoms with Crippen LogP contribution in [0.5, 0.6) is 0 Å². The summed E-state index contributed by atoms with van der Waals surface area (Å²) in [5.41, 5.74) is 0. The number of aliphatic carboxylic acids is 1. The molecule has 15 heavy (non-hydrogen) atoms. The van der Waals surface area contributed by atoms with Crippen LogP contribution in [0.1, 0.15) is 32.1 Å². The molecule has 2 N–H and O–H groups in total. The molecular formula is C11H17NO3. The monoisotopic (exact) mass is 211 g/mol. The van der Waals surface area contributed by atoms with Crippen molar-refractivity contribution < 1.29 is 14.7 Å². The van der Waals surface area contributed by atoms with Crippen molar-refractivity contribution in [3.05, 3.63) is 0 Å². The molecule has 0 bridgehead atoms. The molecule has 84 valence electrons. The molecule has 1 amide bonds. The van der Waals surface area contributed by atoms with Gasteiger partial charge in [-0.05, 0) is 5.92 Å². The Morgan fingerprint density at radius 1 is 1.27 bits per heavy atom. The van der Waals surface area contributed by atoms with Crippen molar-refractivity contribution in [2.75, 3.05) is 6.54 Å². The SMILES string of the molecule is O=C(O)[C@@H]1C(=O)NC[C@@H]1C1CCCCC1. The smallest absolute Gasteiger partial charge is 0.316 e. The van der Waals surface area contributed by atoms with E-state index >= 15 is 0 Å². The Balaban J connectivity index is 2.06.